The molecular formula is C20H28BrN3O2. The van der Waals surface area contributed by atoms with Crippen molar-refractivity contribution in [3.63, 3.8) is 0 Å². The van der Waals surface area contributed by atoms with Crippen LogP contribution in [-0.2, 0) is 4.79 Å². The number of piperidine rings is 1. The molecule has 3 fully saturated rings. The molecule has 1 aromatic rings. The molecule has 3 heterocycles. The van der Waals surface area contributed by atoms with Crippen molar-refractivity contribution in [3.05, 3.63) is 22.3 Å². The van der Waals surface area contributed by atoms with E-state index in [0.717, 1.165) is 80.4 Å². The lowest BCUT2D eigenvalue weighted by molar-refractivity contribution is -0.139. The van der Waals surface area contributed by atoms with Crippen LogP contribution in [-0.4, -0.2) is 52.7 Å². The summed E-state index contributed by atoms with van der Waals surface area (Å²) in [6.45, 7) is 4.64. The van der Waals surface area contributed by atoms with Crippen molar-refractivity contribution in [1.82, 2.24) is 9.88 Å². The largest absolute Gasteiger partial charge is 0.393 e. The molecule has 142 valence electrons. The van der Waals surface area contributed by atoms with Crippen molar-refractivity contribution < 1.29 is 9.90 Å². The molecule has 1 N–H and O–H groups in total. The number of carbonyl (C=O) groups excluding carboxylic acids is 1. The van der Waals surface area contributed by atoms with E-state index in [1.165, 1.54) is 0 Å². The van der Waals surface area contributed by atoms with Crippen molar-refractivity contribution in [2.45, 2.75) is 64.0 Å². The van der Waals surface area contributed by atoms with Gasteiger partial charge in [0.1, 0.15) is 5.82 Å². The molecule has 0 radical (unpaired) electrons. The van der Waals surface area contributed by atoms with Gasteiger partial charge in [0.15, 0.2) is 0 Å². The smallest absolute Gasteiger partial charge is 0.230 e. The summed E-state index contributed by atoms with van der Waals surface area (Å²) >= 11 is 3.65. The highest BCUT2D eigenvalue weighted by Crippen LogP contribution is 2.44. The summed E-state index contributed by atoms with van der Waals surface area (Å²) in [6.07, 6.45) is 8.23. The van der Waals surface area contributed by atoms with Crippen LogP contribution >= 0.6 is 15.9 Å². The highest BCUT2D eigenvalue weighted by Gasteiger charge is 2.50. The van der Waals surface area contributed by atoms with Crippen LogP contribution in [0.25, 0.3) is 0 Å². The highest BCUT2D eigenvalue weighted by atomic mass is 79.9. The fraction of sp³-hybridized carbons (Fsp3) is 0.700. The molecule has 2 aliphatic heterocycles. The molecule has 1 spiro atoms. The van der Waals surface area contributed by atoms with Crippen molar-refractivity contribution in [2.24, 2.45) is 5.41 Å². The molecule has 1 aromatic heterocycles. The monoisotopic (exact) mass is 421 g/mol. The normalized spacial score (nSPS) is 32.5. The Morgan fingerprint density at radius 1 is 1.23 bits per heavy atom. The first-order chi connectivity index (χ1) is 12.5. The number of aryl methyl sites for hydroxylation is 1. The lowest BCUT2D eigenvalue weighted by Gasteiger charge is -2.41. The van der Waals surface area contributed by atoms with Crippen LogP contribution in [0.15, 0.2) is 16.7 Å². The van der Waals surface area contributed by atoms with Crippen LogP contribution in [0, 0.1) is 12.3 Å². The third-order valence-corrected chi connectivity index (χ3v) is 7.07. The van der Waals surface area contributed by atoms with E-state index in [-0.39, 0.29) is 11.5 Å². The molecule has 2 saturated heterocycles. The minimum absolute atomic E-state index is 0.173. The molecule has 1 aliphatic carbocycles. The van der Waals surface area contributed by atoms with Gasteiger partial charge in [-0.25, -0.2) is 4.98 Å². The van der Waals surface area contributed by atoms with Crippen molar-refractivity contribution in [1.29, 1.82) is 0 Å². The number of hydrogen-bond donors (Lipinski definition) is 1. The van der Waals surface area contributed by atoms with Gasteiger partial charge in [-0.1, -0.05) is 0 Å². The second kappa shape index (κ2) is 7.12. The number of halogens is 1. The van der Waals surface area contributed by atoms with Gasteiger partial charge in [-0.2, -0.15) is 0 Å². The van der Waals surface area contributed by atoms with Crippen LogP contribution in [0.5, 0.6) is 0 Å². The first-order valence-electron chi connectivity index (χ1n) is 9.85. The Morgan fingerprint density at radius 2 is 2.00 bits per heavy atom. The maximum Gasteiger partial charge on any atom is 0.230 e. The average Bonchev–Trinajstić information content (AvgIpc) is 2.92. The van der Waals surface area contributed by atoms with Gasteiger partial charge in [-0.15, -0.1) is 0 Å². The quantitative estimate of drug-likeness (QED) is 0.795. The van der Waals surface area contributed by atoms with E-state index in [1.54, 1.807) is 0 Å². The predicted octanol–water partition coefficient (Wildman–Crippen LogP) is 3.27. The van der Waals surface area contributed by atoms with Crippen LogP contribution < -0.4 is 4.90 Å². The van der Waals surface area contributed by atoms with Gasteiger partial charge >= 0.3 is 0 Å². The Hall–Kier alpha value is -1.14. The zero-order valence-electron chi connectivity index (χ0n) is 15.5. The minimum Gasteiger partial charge on any atom is -0.393 e. The SMILES string of the molecule is Cc1cnc(N2CCC[C@@]3(CCN(C4CCC(O)CC4)C3=O)C2)c(Br)c1. The second-order valence-corrected chi connectivity index (χ2v) is 9.19. The summed E-state index contributed by atoms with van der Waals surface area (Å²) in [5.74, 6) is 1.30. The Bertz CT molecular complexity index is 690. The maximum absolute atomic E-state index is 13.4. The Kier molecular flexibility index (Phi) is 4.99. The van der Waals surface area contributed by atoms with E-state index in [0.29, 0.717) is 11.9 Å². The third-order valence-electron chi connectivity index (χ3n) is 6.49. The number of anilines is 1. The third kappa shape index (κ3) is 3.26. The van der Waals surface area contributed by atoms with E-state index in [2.05, 4.69) is 36.8 Å². The topological polar surface area (TPSA) is 56.7 Å². The first-order valence-corrected chi connectivity index (χ1v) is 10.6. The molecular weight excluding hydrogens is 394 g/mol. The van der Waals surface area contributed by atoms with Crippen molar-refractivity contribution in [3.8, 4) is 0 Å². The molecule has 1 atom stereocenters. The Balaban J connectivity index is 1.50. The van der Waals surface area contributed by atoms with E-state index in [1.807, 2.05) is 13.1 Å². The molecule has 0 unspecified atom stereocenters. The second-order valence-electron chi connectivity index (χ2n) is 8.33. The zero-order valence-corrected chi connectivity index (χ0v) is 17.0. The highest BCUT2D eigenvalue weighted by molar-refractivity contribution is 9.10. The van der Waals surface area contributed by atoms with Gasteiger partial charge in [0.25, 0.3) is 0 Å². The molecule has 3 aliphatic rings. The Morgan fingerprint density at radius 3 is 2.73 bits per heavy atom. The molecule has 26 heavy (non-hydrogen) atoms. The maximum atomic E-state index is 13.4. The van der Waals surface area contributed by atoms with Gasteiger partial charge < -0.3 is 14.9 Å². The zero-order chi connectivity index (χ0) is 18.3. The van der Waals surface area contributed by atoms with Crippen LogP contribution in [0.2, 0.25) is 0 Å². The van der Waals surface area contributed by atoms with Gasteiger partial charge in [0.05, 0.1) is 16.0 Å². The summed E-state index contributed by atoms with van der Waals surface area (Å²) in [6, 6.07) is 2.42. The number of rotatable bonds is 2. The van der Waals surface area contributed by atoms with Crippen LogP contribution in [0.1, 0.15) is 50.5 Å². The van der Waals surface area contributed by atoms with Crippen molar-refractivity contribution in [2.75, 3.05) is 24.5 Å². The van der Waals surface area contributed by atoms with E-state index in [9.17, 15) is 9.90 Å². The summed E-state index contributed by atoms with van der Waals surface area (Å²) in [7, 11) is 0. The number of nitrogens with zero attached hydrogens (tertiary/aromatic N) is 3. The molecule has 4 rings (SSSR count). The molecule has 1 saturated carbocycles. The number of likely N-dealkylation sites (tertiary alicyclic amines) is 1. The van der Waals surface area contributed by atoms with E-state index in [4.69, 9.17) is 0 Å². The van der Waals surface area contributed by atoms with Gasteiger partial charge in [0, 0.05) is 31.9 Å². The summed E-state index contributed by atoms with van der Waals surface area (Å²) in [5.41, 5.74) is 0.885. The average molecular weight is 422 g/mol. The lowest BCUT2D eigenvalue weighted by Crippen LogP contribution is -2.50. The summed E-state index contributed by atoms with van der Waals surface area (Å²) in [5, 5.41) is 9.76. The first kappa shape index (κ1) is 18.2. The fourth-order valence-corrected chi connectivity index (χ4v) is 5.73. The summed E-state index contributed by atoms with van der Waals surface area (Å²) in [4.78, 5) is 22.4. The van der Waals surface area contributed by atoms with Gasteiger partial charge in [-0.05, 0) is 79.4 Å². The molecule has 0 aromatic carbocycles. The number of aromatic nitrogens is 1. The van der Waals surface area contributed by atoms with Crippen LogP contribution in [0.4, 0.5) is 5.82 Å². The molecule has 5 nitrogen and oxygen atoms in total. The number of pyridine rings is 1. The number of hydrogen-bond acceptors (Lipinski definition) is 4. The predicted molar refractivity (Wildman–Crippen MR) is 105 cm³/mol. The lowest BCUT2D eigenvalue weighted by atomic mass is 9.78. The number of amides is 1. The van der Waals surface area contributed by atoms with Crippen LogP contribution in [0.3, 0.4) is 0 Å². The molecule has 0 bridgehead atoms. The van der Waals surface area contributed by atoms with Crippen molar-refractivity contribution >= 4 is 27.7 Å². The van der Waals surface area contributed by atoms with E-state index >= 15 is 0 Å². The summed E-state index contributed by atoms with van der Waals surface area (Å²) < 4.78 is 1.01. The Labute approximate surface area is 163 Å². The number of aliphatic hydroxyl groups is 1. The number of aliphatic hydroxyl groups excluding tert-OH is 1. The number of carbonyl (C=O) groups is 1. The van der Waals surface area contributed by atoms with E-state index < -0.39 is 0 Å². The fourth-order valence-electron chi connectivity index (χ4n) is 5.02. The van der Waals surface area contributed by atoms with Gasteiger partial charge in [-0.3, -0.25) is 4.79 Å². The van der Waals surface area contributed by atoms with Gasteiger partial charge in [0.2, 0.25) is 5.91 Å². The molecule has 1 amide bonds. The standard InChI is InChI=1S/C20H28BrN3O2/c1-14-11-17(21)18(22-12-14)23-9-2-7-20(13-23)8-10-24(19(20)26)15-3-5-16(25)6-4-15/h11-12,15-16,25H,2-10,13H2,1H3/t15?,16?,20-/m1/s1. The molecule has 6 heteroatoms. The minimum atomic E-state index is -0.250.